The van der Waals surface area contributed by atoms with Gasteiger partial charge in [0.05, 0.1) is 5.69 Å². The molecule has 0 radical (unpaired) electrons. The average molecular weight is 236 g/mol. The Morgan fingerprint density at radius 1 is 1.59 bits per heavy atom. The summed E-state index contributed by atoms with van der Waals surface area (Å²) >= 11 is 0. The van der Waals surface area contributed by atoms with Crippen molar-refractivity contribution in [1.29, 1.82) is 0 Å². The van der Waals surface area contributed by atoms with E-state index >= 15 is 0 Å². The predicted molar refractivity (Wildman–Crippen MR) is 65.3 cm³/mol. The Bertz CT molecular complexity index is 370. The standard InChI is InChI=1S/C12H20N4O/c1-16-11(6-8-14-16)9-13-7-2-3-12(17)15-10-4-5-10/h6,8,10,13H,2-5,7,9H2,1H3,(H,15,17). The molecule has 0 atom stereocenters. The number of aromatic nitrogens is 2. The first-order valence-corrected chi connectivity index (χ1v) is 6.22. The van der Waals surface area contributed by atoms with Crippen molar-refractivity contribution < 1.29 is 4.79 Å². The van der Waals surface area contributed by atoms with Crippen LogP contribution in [0.1, 0.15) is 31.4 Å². The van der Waals surface area contributed by atoms with E-state index in [1.807, 2.05) is 17.8 Å². The first kappa shape index (κ1) is 12.1. The highest BCUT2D eigenvalue weighted by atomic mass is 16.1. The topological polar surface area (TPSA) is 59.0 Å². The van der Waals surface area contributed by atoms with Crippen molar-refractivity contribution in [3.63, 3.8) is 0 Å². The molecule has 5 heteroatoms. The first-order chi connectivity index (χ1) is 8.25. The number of nitrogens with zero attached hydrogens (tertiary/aromatic N) is 2. The lowest BCUT2D eigenvalue weighted by atomic mass is 10.3. The highest BCUT2D eigenvalue weighted by Crippen LogP contribution is 2.18. The summed E-state index contributed by atoms with van der Waals surface area (Å²) in [7, 11) is 1.93. The third-order valence-corrected chi connectivity index (χ3v) is 2.93. The van der Waals surface area contributed by atoms with Crippen LogP contribution >= 0.6 is 0 Å². The average Bonchev–Trinajstić information content (AvgIpc) is 3.01. The van der Waals surface area contributed by atoms with Crippen LogP contribution in [0.25, 0.3) is 0 Å². The molecule has 0 aromatic carbocycles. The molecule has 0 saturated heterocycles. The van der Waals surface area contributed by atoms with Crippen molar-refractivity contribution in [3.8, 4) is 0 Å². The van der Waals surface area contributed by atoms with E-state index in [0.29, 0.717) is 12.5 Å². The Hall–Kier alpha value is -1.36. The molecule has 94 valence electrons. The van der Waals surface area contributed by atoms with E-state index in [4.69, 9.17) is 0 Å². The summed E-state index contributed by atoms with van der Waals surface area (Å²) in [6, 6.07) is 2.47. The molecule has 1 aliphatic rings. The van der Waals surface area contributed by atoms with Crippen LogP contribution in [0.15, 0.2) is 12.3 Å². The highest BCUT2D eigenvalue weighted by molar-refractivity contribution is 5.76. The summed E-state index contributed by atoms with van der Waals surface area (Å²) in [6.07, 6.45) is 5.61. The van der Waals surface area contributed by atoms with Gasteiger partial charge in [-0.2, -0.15) is 5.10 Å². The van der Waals surface area contributed by atoms with Crippen LogP contribution in [0.3, 0.4) is 0 Å². The maximum atomic E-state index is 11.4. The molecule has 1 heterocycles. The summed E-state index contributed by atoms with van der Waals surface area (Å²) < 4.78 is 1.85. The van der Waals surface area contributed by atoms with Crippen LogP contribution in [0, 0.1) is 0 Å². The van der Waals surface area contributed by atoms with Crippen LogP contribution in [0.2, 0.25) is 0 Å². The fraction of sp³-hybridized carbons (Fsp3) is 0.667. The Morgan fingerprint density at radius 2 is 2.41 bits per heavy atom. The Labute approximate surface area is 102 Å². The van der Waals surface area contributed by atoms with Crippen LogP contribution in [0.4, 0.5) is 0 Å². The maximum absolute atomic E-state index is 11.4. The van der Waals surface area contributed by atoms with Crippen molar-refractivity contribution in [2.45, 2.75) is 38.3 Å². The zero-order chi connectivity index (χ0) is 12.1. The largest absolute Gasteiger partial charge is 0.353 e. The second-order valence-corrected chi connectivity index (χ2v) is 4.57. The number of carbonyl (C=O) groups is 1. The normalized spacial score (nSPS) is 14.9. The predicted octanol–water partition coefficient (Wildman–Crippen LogP) is 0.568. The molecule has 0 aliphatic heterocycles. The quantitative estimate of drug-likeness (QED) is 0.680. The molecule has 1 aromatic rings. The fourth-order valence-corrected chi connectivity index (χ4v) is 1.69. The molecule has 1 aliphatic carbocycles. The van der Waals surface area contributed by atoms with Gasteiger partial charge in [-0.25, -0.2) is 0 Å². The van der Waals surface area contributed by atoms with E-state index in [2.05, 4.69) is 15.7 Å². The van der Waals surface area contributed by atoms with E-state index < -0.39 is 0 Å². The molecular formula is C12H20N4O. The summed E-state index contributed by atoms with van der Waals surface area (Å²) in [6.45, 7) is 1.67. The van der Waals surface area contributed by atoms with Gasteiger partial charge < -0.3 is 10.6 Å². The lowest BCUT2D eigenvalue weighted by molar-refractivity contribution is -0.121. The molecular weight excluding hydrogens is 216 g/mol. The van der Waals surface area contributed by atoms with E-state index in [0.717, 1.165) is 38.0 Å². The van der Waals surface area contributed by atoms with Gasteiger partial charge in [0.2, 0.25) is 5.91 Å². The molecule has 1 saturated carbocycles. The van der Waals surface area contributed by atoms with Crippen molar-refractivity contribution in [1.82, 2.24) is 20.4 Å². The molecule has 1 amide bonds. The third-order valence-electron chi connectivity index (χ3n) is 2.93. The number of carbonyl (C=O) groups excluding carboxylic acids is 1. The van der Waals surface area contributed by atoms with Crippen molar-refractivity contribution in [3.05, 3.63) is 18.0 Å². The van der Waals surface area contributed by atoms with Crippen LogP contribution < -0.4 is 10.6 Å². The second kappa shape index (κ2) is 5.82. The molecule has 0 spiro atoms. The summed E-state index contributed by atoms with van der Waals surface area (Å²) in [5, 5.41) is 10.4. The Kier molecular flexibility index (Phi) is 4.14. The van der Waals surface area contributed by atoms with Gasteiger partial charge in [0, 0.05) is 32.3 Å². The van der Waals surface area contributed by atoms with Gasteiger partial charge in [-0.1, -0.05) is 0 Å². The van der Waals surface area contributed by atoms with Crippen LogP contribution in [-0.4, -0.2) is 28.3 Å². The fourth-order valence-electron chi connectivity index (χ4n) is 1.69. The third kappa shape index (κ3) is 4.19. The van der Waals surface area contributed by atoms with Crippen molar-refractivity contribution in [2.24, 2.45) is 7.05 Å². The first-order valence-electron chi connectivity index (χ1n) is 6.22. The minimum Gasteiger partial charge on any atom is -0.353 e. The molecule has 5 nitrogen and oxygen atoms in total. The van der Waals surface area contributed by atoms with E-state index in [-0.39, 0.29) is 5.91 Å². The van der Waals surface area contributed by atoms with Gasteiger partial charge in [0.25, 0.3) is 0 Å². The van der Waals surface area contributed by atoms with Crippen molar-refractivity contribution in [2.75, 3.05) is 6.54 Å². The van der Waals surface area contributed by atoms with Gasteiger partial charge in [-0.3, -0.25) is 9.48 Å². The number of hydrogen-bond acceptors (Lipinski definition) is 3. The van der Waals surface area contributed by atoms with Gasteiger partial charge >= 0.3 is 0 Å². The van der Waals surface area contributed by atoms with Crippen molar-refractivity contribution >= 4 is 5.91 Å². The zero-order valence-electron chi connectivity index (χ0n) is 10.3. The second-order valence-electron chi connectivity index (χ2n) is 4.57. The summed E-state index contributed by atoms with van der Waals surface area (Å²) in [5.41, 5.74) is 1.16. The number of amides is 1. The number of nitrogens with one attached hydrogen (secondary N) is 2. The van der Waals surface area contributed by atoms with E-state index in [1.54, 1.807) is 6.20 Å². The Balaban J connectivity index is 1.51. The summed E-state index contributed by atoms with van der Waals surface area (Å²) in [4.78, 5) is 11.4. The monoisotopic (exact) mass is 236 g/mol. The molecule has 0 unspecified atom stereocenters. The van der Waals surface area contributed by atoms with Gasteiger partial charge in [-0.05, 0) is 31.9 Å². The van der Waals surface area contributed by atoms with Gasteiger partial charge in [0.1, 0.15) is 0 Å². The smallest absolute Gasteiger partial charge is 0.220 e. The molecule has 2 rings (SSSR count). The molecule has 17 heavy (non-hydrogen) atoms. The molecule has 2 N–H and O–H groups in total. The number of hydrogen-bond donors (Lipinski definition) is 2. The van der Waals surface area contributed by atoms with Gasteiger partial charge in [0.15, 0.2) is 0 Å². The lowest BCUT2D eigenvalue weighted by Crippen LogP contribution is -2.26. The van der Waals surface area contributed by atoms with Crippen LogP contribution in [-0.2, 0) is 18.4 Å². The van der Waals surface area contributed by atoms with E-state index in [1.165, 1.54) is 0 Å². The highest BCUT2D eigenvalue weighted by Gasteiger charge is 2.22. The minimum absolute atomic E-state index is 0.190. The SMILES string of the molecule is Cn1nccc1CNCCCC(=O)NC1CC1. The number of rotatable bonds is 7. The lowest BCUT2D eigenvalue weighted by Gasteiger charge is -2.05. The maximum Gasteiger partial charge on any atom is 0.220 e. The van der Waals surface area contributed by atoms with Gasteiger partial charge in [-0.15, -0.1) is 0 Å². The van der Waals surface area contributed by atoms with Crippen LogP contribution in [0.5, 0.6) is 0 Å². The van der Waals surface area contributed by atoms with E-state index in [9.17, 15) is 4.79 Å². The summed E-state index contributed by atoms with van der Waals surface area (Å²) in [5.74, 6) is 0.190. The molecule has 1 fully saturated rings. The Morgan fingerprint density at radius 3 is 3.06 bits per heavy atom. The number of aryl methyl sites for hydroxylation is 1. The zero-order valence-corrected chi connectivity index (χ0v) is 10.3. The minimum atomic E-state index is 0.190. The molecule has 0 bridgehead atoms. The molecule has 1 aromatic heterocycles.